The Morgan fingerprint density at radius 1 is 0.947 bits per heavy atom. The summed E-state index contributed by atoms with van der Waals surface area (Å²) in [7, 11) is 0. The van der Waals surface area contributed by atoms with Crippen molar-refractivity contribution < 1.29 is 4.52 Å². The summed E-state index contributed by atoms with van der Waals surface area (Å²) in [4.78, 5) is 0. The Balaban J connectivity index is 2.37. The SMILES string of the molecule is Cc1c(N)ccc(-c2cccc3onc(N)c23)c1C. The molecule has 4 nitrogen and oxygen atoms in total. The molecule has 1 aromatic heterocycles. The molecule has 1 heterocycles. The molecule has 0 unspecified atom stereocenters. The molecule has 19 heavy (non-hydrogen) atoms. The van der Waals surface area contributed by atoms with Crippen LogP contribution in [0.2, 0.25) is 0 Å². The highest BCUT2D eigenvalue weighted by atomic mass is 16.5. The van der Waals surface area contributed by atoms with Gasteiger partial charge >= 0.3 is 0 Å². The average molecular weight is 253 g/mol. The van der Waals surface area contributed by atoms with Crippen molar-refractivity contribution in [2.45, 2.75) is 13.8 Å². The zero-order chi connectivity index (χ0) is 13.6. The van der Waals surface area contributed by atoms with Gasteiger partial charge in [-0.15, -0.1) is 0 Å². The molecule has 0 spiro atoms. The number of nitrogen functional groups attached to an aromatic ring is 2. The van der Waals surface area contributed by atoms with Crippen molar-refractivity contribution in [3.05, 3.63) is 41.5 Å². The monoisotopic (exact) mass is 253 g/mol. The number of hydrogen-bond donors (Lipinski definition) is 2. The fourth-order valence-electron chi connectivity index (χ4n) is 2.37. The molecule has 0 aliphatic rings. The van der Waals surface area contributed by atoms with Crippen molar-refractivity contribution in [3.8, 4) is 11.1 Å². The van der Waals surface area contributed by atoms with Gasteiger partial charge < -0.3 is 16.0 Å². The molecule has 0 saturated carbocycles. The smallest absolute Gasteiger partial charge is 0.175 e. The lowest BCUT2D eigenvalue weighted by Gasteiger charge is -2.12. The zero-order valence-electron chi connectivity index (χ0n) is 10.9. The van der Waals surface area contributed by atoms with Crippen molar-refractivity contribution in [3.63, 3.8) is 0 Å². The molecule has 0 saturated heterocycles. The summed E-state index contributed by atoms with van der Waals surface area (Å²) in [6.45, 7) is 4.08. The summed E-state index contributed by atoms with van der Waals surface area (Å²) in [5.41, 5.74) is 17.7. The number of rotatable bonds is 1. The summed E-state index contributed by atoms with van der Waals surface area (Å²) in [5.74, 6) is 0.416. The Bertz CT molecular complexity index is 774. The Morgan fingerprint density at radius 3 is 2.53 bits per heavy atom. The number of aromatic nitrogens is 1. The number of hydrogen-bond acceptors (Lipinski definition) is 4. The van der Waals surface area contributed by atoms with Crippen LogP contribution in [0.25, 0.3) is 22.1 Å². The van der Waals surface area contributed by atoms with Gasteiger partial charge in [0, 0.05) is 5.69 Å². The van der Waals surface area contributed by atoms with Crippen LogP contribution in [0, 0.1) is 13.8 Å². The second-order valence-electron chi connectivity index (χ2n) is 4.70. The first-order valence-corrected chi connectivity index (χ1v) is 6.09. The van der Waals surface area contributed by atoms with E-state index in [4.69, 9.17) is 16.0 Å². The number of nitrogens with zero attached hydrogens (tertiary/aromatic N) is 1. The van der Waals surface area contributed by atoms with Gasteiger partial charge in [0.15, 0.2) is 11.4 Å². The first-order chi connectivity index (χ1) is 9.09. The van der Waals surface area contributed by atoms with Crippen molar-refractivity contribution in [2.24, 2.45) is 0 Å². The van der Waals surface area contributed by atoms with E-state index in [0.29, 0.717) is 11.4 Å². The molecule has 4 N–H and O–H groups in total. The highest BCUT2D eigenvalue weighted by Crippen LogP contribution is 2.36. The van der Waals surface area contributed by atoms with Gasteiger partial charge in [0.05, 0.1) is 5.39 Å². The van der Waals surface area contributed by atoms with Crippen LogP contribution in [0.4, 0.5) is 11.5 Å². The van der Waals surface area contributed by atoms with E-state index in [2.05, 4.69) is 12.1 Å². The summed E-state index contributed by atoms with van der Waals surface area (Å²) in [6.07, 6.45) is 0. The van der Waals surface area contributed by atoms with Crippen LogP contribution < -0.4 is 11.5 Å². The Morgan fingerprint density at radius 2 is 1.74 bits per heavy atom. The summed E-state index contributed by atoms with van der Waals surface area (Å²) >= 11 is 0. The molecule has 2 aromatic carbocycles. The van der Waals surface area contributed by atoms with Crippen molar-refractivity contribution in [1.82, 2.24) is 5.16 Å². The molecule has 0 amide bonds. The van der Waals surface area contributed by atoms with Crippen molar-refractivity contribution >= 4 is 22.5 Å². The van der Waals surface area contributed by atoms with Gasteiger partial charge in [0.25, 0.3) is 0 Å². The van der Waals surface area contributed by atoms with Crippen LogP contribution in [0.3, 0.4) is 0 Å². The molecular formula is C15H15N3O. The molecule has 0 atom stereocenters. The third kappa shape index (κ3) is 1.64. The van der Waals surface area contributed by atoms with E-state index in [9.17, 15) is 0 Å². The van der Waals surface area contributed by atoms with Crippen LogP contribution in [-0.2, 0) is 0 Å². The second kappa shape index (κ2) is 4.02. The molecule has 0 radical (unpaired) electrons. The molecule has 3 rings (SSSR count). The topological polar surface area (TPSA) is 78.1 Å². The van der Waals surface area contributed by atoms with Crippen LogP contribution in [0.1, 0.15) is 11.1 Å². The van der Waals surface area contributed by atoms with Crippen molar-refractivity contribution in [2.75, 3.05) is 11.5 Å². The lowest BCUT2D eigenvalue weighted by Crippen LogP contribution is -1.95. The quantitative estimate of drug-likeness (QED) is 0.652. The Kier molecular flexibility index (Phi) is 2.45. The number of nitrogens with two attached hydrogens (primary N) is 2. The third-order valence-electron chi connectivity index (χ3n) is 3.64. The summed E-state index contributed by atoms with van der Waals surface area (Å²) < 4.78 is 5.20. The fourth-order valence-corrected chi connectivity index (χ4v) is 2.37. The van der Waals surface area contributed by atoms with E-state index >= 15 is 0 Å². The molecule has 4 heteroatoms. The van der Waals surface area contributed by atoms with Crippen molar-refractivity contribution in [1.29, 1.82) is 0 Å². The minimum atomic E-state index is 0.416. The molecular weight excluding hydrogens is 238 g/mol. The summed E-state index contributed by atoms with van der Waals surface area (Å²) in [6, 6.07) is 9.75. The van der Waals surface area contributed by atoms with E-state index in [1.165, 1.54) is 0 Å². The fraction of sp³-hybridized carbons (Fsp3) is 0.133. The first-order valence-electron chi connectivity index (χ1n) is 6.09. The number of benzene rings is 2. The van der Waals surface area contributed by atoms with E-state index in [1.807, 2.05) is 37.3 Å². The average Bonchev–Trinajstić information content (AvgIpc) is 2.79. The molecule has 0 bridgehead atoms. The second-order valence-corrected chi connectivity index (χ2v) is 4.70. The number of fused-ring (bicyclic) bond motifs is 1. The van der Waals surface area contributed by atoms with Gasteiger partial charge in [-0.3, -0.25) is 0 Å². The standard InChI is InChI=1S/C15H15N3O/c1-8-9(2)12(16)7-6-10(8)11-4-3-5-13-14(11)15(17)18-19-13/h3-7H,16H2,1-2H3,(H2,17,18). The largest absolute Gasteiger partial charge is 0.399 e. The van der Waals surface area contributed by atoms with E-state index in [0.717, 1.165) is 33.3 Å². The predicted molar refractivity (Wildman–Crippen MR) is 77.7 cm³/mol. The van der Waals surface area contributed by atoms with E-state index in [1.54, 1.807) is 0 Å². The highest BCUT2D eigenvalue weighted by molar-refractivity contribution is 6.01. The minimum absolute atomic E-state index is 0.416. The lowest BCUT2D eigenvalue weighted by atomic mass is 9.94. The van der Waals surface area contributed by atoms with Gasteiger partial charge in [-0.05, 0) is 48.2 Å². The maximum Gasteiger partial charge on any atom is 0.175 e. The third-order valence-corrected chi connectivity index (χ3v) is 3.64. The van der Waals surface area contributed by atoms with Gasteiger partial charge in [-0.25, -0.2) is 0 Å². The maximum absolute atomic E-state index is 5.93. The van der Waals surface area contributed by atoms with Crippen LogP contribution in [0.15, 0.2) is 34.9 Å². The minimum Gasteiger partial charge on any atom is -0.399 e. The van der Waals surface area contributed by atoms with Gasteiger partial charge in [-0.2, -0.15) is 0 Å². The van der Waals surface area contributed by atoms with Gasteiger partial charge in [0.2, 0.25) is 0 Å². The molecule has 96 valence electrons. The first kappa shape index (κ1) is 11.6. The van der Waals surface area contributed by atoms with Crippen LogP contribution in [-0.4, -0.2) is 5.16 Å². The van der Waals surface area contributed by atoms with E-state index < -0.39 is 0 Å². The molecule has 0 fully saturated rings. The lowest BCUT2D eigenvalue weighted by molar-refractivity contribution is 0.460. The van der Waals surface area contributed by atoms with E-state index in [-0.39, 0.29) is 0 Å². The van der Waals surface area contributed by atoms with Gasteiger partial charge in [-0.1, -0.05) is 23.4 Å². The predicted octanol–water partition coefficient (Wildman–Crippen LogP) is 3.28. The normalized spacial score (nSPS) is 11.1. The number of anilines is 2. The molecule has 0 aliphatic heterocycles. The maximum atomic E-state index is 5.93. The van der Waals surface area contributed by atoms with Crippen LogP contribution >= 0.6 is 0 Å². The van der Waals surface area contributed by atoms with Crippen LogP contribution in [0.5, 0.6) is 0 Å². The zero-order valence-corrected chi connectivity index (χ0v) is 10.9. The Hall–Kier alpha value is -2.49. The summed E-state index contributed by atoms with van der Waals surface area (Å²) in [5, 5.41) is 4.69. The Labute approximate surface area is 111 Å². The molecule has 3 aromatic rings. The highest BCUT2D eigenvalue weighted by Gasteiger charge is 2.14. The van der Waals surface area contributed by atoms with Gasteiger partial charge in [0.1, 0.15) is 0 Å². The molecule has 0 aliphatic carbocycles.